The van der Waals surface area contributed by atoms with Crippen molar-refractivity contribution in [1.82, 2.24) is 0 Å². The molecule has 0 radical (unpaired) electrons. The van der Waals surface area contributed by atoms with Crippen LogP contribution in [0.3, 0.4) is 0 Å². The van der Waals surface area contributed by atoms with Crippen LogP contribution < -0.4 is 5.23 Å². The minimum Gasteiger partial charge on any atom is -0.599 e. The molecule has 2 bridgehead atoms. The van der Waals surface area contributed by atoms with Gasteiger partial charge in [0, 0.05) is 11.8 Å². The zero-order valence-electron chi connectivity index (χ0n) is 8.93. The molecule has 2 rings (SSSR count). The summed E-state index contributed by atoms with van der Waals surface area (Å²) in [6.07, 6.45) is 2.71. The Morgan fingerprint density at radius 3 is 2.21 bits per heavy atom. The number of hydroxylamine groups is 2. The highest BCUT2D eigenvalue weighted by Crippen LogP contribution is 2.69. The van der Waals surface area contributed by atoms with E-state index in [0.717, 1.165) is 12.8 Å². The van der Waals surface area contributed by atoms with Crippen LogP contribution in [-0.4, -0.2) is 10.2 Å². The predicted octanol–water partition coefficient (Wildman–Crippen LogP) is 1.54. The molecule has 0 saturated heterocycles. The van der Waals surface area contributed by atoms with Crippen molar-refractivity contribution in [2.45, 2.75) is 45.0 Å². The normalized spacial score (nSPS) is 52.3. The van der Waals surface area contributed by atoms with Gasteiger partial charge in [0.05, 0.1) is 0 Å². The summed E-state index contributed by atoms with van der Waals surface area (Å²) >= 11 is 6.33. The summed E-state index contributed by atoms with van der Waals surface area (Å²) in [6.45, 7) is 6.37. The van der Waals surface area contributed by atoms with E-state index in [2.05, 4.69) is 13.8 Å². The van der Waals surface area contributed by atoms with E-state index in [1.54, 1.807) is 0 Å². The van der Waals surface area contributed by atoms with Crippen molar-refractivity contribution in [2.24, 2.45) is 16.7 Å². The molecule has 0 heterocycles. The highest BCUT2D eigenvalue weighted by Gasteiger charge is 2.72. The average Bonchev–Trinajstić information content (AvgIpc) is 2.36. The maximum atomic E-state index is 11.3. The summed E-state index contributed by atoms with van der Waals surface area (Å²) in [5.41, 5.74) is -0.189. The van der Waals surface area contributed by atoms with Gasteiger partial charge in [0.15, 0.2) is 0 Å². The number of halogens is 1. The Balaban J connectivity index is 2.45. The second kappa shape index (κ2) is 2.64. The quantitative estimate of drug-likeness (QED) is 0.399. The number of fused-ring (bicyclic) bond motifs is 2. The number of rotatable bonds is 1. The lowest BCUT2D eigenvalue weighted by molar-refractivity contribution is -1.08. The Kier molecular flexibility index (Phi) is 2.02. The van der Waals surface area contributed by atoms with Crippen molar-refractivity contribution in [3.05, 3.63) is 5.21 Å². The SMILES string of the molecule is CC1(C)C2CCC1(C)C(Cl)([NH+]([O-])O)C2. The first-order valence-corrected chi connectivity index (χ1v) is 5.56. The highest BCUT2D eigenvalue weighted by molar-refractivity contribution is 6.23. The summed E-state index contributed by atoms with van der Waals surface area (Å²) in [6, 6.07) is 0. The first-order chi connectivity index (χ1) is 6.26. The Bertz CT molecular complexity index is 269. The summed E-state index contributed by atoms with van der Waals surface area (Å²) in [7, 11) is 0. The predicted molar refractivity (Wildman–Crippen MR) is 53.9 cm³/mol. The van der Waals surface area contributed by atoms with E-state index in [-0.39, 0.29) is 10.8 Å². The lowest BCUT2D eigenvalue weighted by Gasteiger charge is -2.45. The molecule has 2 saturated carbocycles. The number of hydrogen-bond acceptors (Lipinski definition) is 2. The summed E-state index contributed by atoms with van der Waals surface area (Å²) in [4.78, 5) is -1.03. The van der Waals surface area contributed by atoms with Crippen LogP contribution >= 0.6 is 11.6 Å². The molecular formula is C10H18ClNO2. The van der Waals surface area contributed by atoms with Gasteiger partial charge in [0.25, 0.3) is 0 Å². The Morgan fingerprint density at radius 1 is 1.43 bits per heavy atom. The minimum absolute atomic E-state index is 0.0626. The van der Waals surface area contributed by atoms with Crippen LogP contribution in [0.4, 0.5) is 0 Å². The molecule has 14 heavy (non-hydrogen) atoms. The van der Waals surface area contributed by atoms with Crippen LogP contribution in [0.15, 0.2) is 0 Å². The van der Waals surface area contributed by atoms with Crippen molar-refractivity contribution in [1.29, 1.82) is 0 Å². The molecule has 4 heteroatoms. The molecule has 3 nitrogen and oxygen atoms in total. The van der Waals surface area contributed by atoms with Gasteiger partial charge >= 0.3 is 0 Å². The third-order valence-corrected chi connectivity index (χ3v) is 5.91. The van der Waals surface area contributed by atoms with Gasteiger partial charge in [-0.05, 0) is 24.2 Å². The number of nitrogens with one attached hydrogen (secondary N) is 1. The molecule has 82 valence electrons. The smallest absolute Gasteiger partial charge is 0.208 e. The fourth-order valence-electron chi connectivity index (χ4n) is 3.55. The van der Waals surface area contributed by atoms with E-state index in [0.29, 0.717) is 12.3 Å². The van der Waals surface area contributed by atoms with Gasteiger partial charge in [0.2, 0.25) is 5.00 Å². The van der Waals surface area contributed by atoms with Crippen molar-refractivity contribution in [2.75, 3.05) is 0 Å². The number of quaternary nitrogens is 1. The van der Waals surface area contributed by atoms with Gasteiger partial charge in [-0.3, -0.25) is 0 Å². The molecule has 2 aliphatic carbocycles. The Morgan fingerprint density at radius 2 is 2.00 bits per heavy atom. The first-order valence-electron chi connectivity index (χ1n) is 5.18. The molecule has 0 aromatic carbocycles. The van der Waals surface area contributed by atoms with Gasteiger partial charge in [0.1, 0.15) is 0 Å². The third-order valence-electron chi connectivity index (χ3n) is 5.18. The van der Waals surface area contributed by atoms with Crippen molar-refractivity contribution < 1.29 is 10.4 Å². The molecule has 2 N–H and O–H groups in total. The largest absolute Gasteiger partial charge is 0.599 e. The third kappa shape index (κ3) is 0.896. The molecule has 2 aliphatic rings. The van der Waals surface area contributed by atoms with Crippen LogP contribution in [0.25, 0.3) is 0 Å². The van der Waals surface area contributed by atoms with Crippen LogP contribution in [0.1, 0.15) is 40.0 Å². The first kappa shape index (κ1) is 10.7. The molecule has 2 fully saturated rings. The number of hydrogen-bond donors (Lipinski definition) is 2. The highest BCUT2D eigenvalue weighted by atomic mass is 35.5. The lowest BCUT2D eigenvalue weighted by Crippen LogP contribution is -3.14. The number of alkyl halides is 1. The molecular weight excluding hydrogens is 202 g/mol. The molecule has 4 unspecified atom stereocenters. The lowest BCUT2D eigenvalue weighted by atomic mass is 9.69. The van der Waals surface area contributed by atoms with Gasteiger partial charge < -0.3 is 5.21 Å². The van der Waals surface area contributed by atoms with Crippen molar-refractivity contribution in [3.8, 4) is 0 Å². The van der Waals surface area contributed by atoms with Crippen molar-refractivity contribution in [3.63, 3.8) is 0 Å². The molecule has 0 amide bonds. The van der Waals surface area contributed by atoms with E-state index in [1.165, 1.54) is 0 Å². The van der Waals surface area contributed by atoms with E-state index >= 15 is 0 Å². The van der Waals surface area contributed by atoms with E-state index < -0.39 is 10.2 Å². The monoisotopic (exact) mass is 219 g/mol. The fraction of sp³-hybridized carbons (Fsp3) is 1.00. The Labute approximate surface area is 89.6 Å². The maximum absolute atomic E-state index is 11.3. The Hall–Kier alpha value is 0.170. The summed E-state index contributed by atoms with van der Waals surface area (Å²) < 4.78 is 0. The second-order valence-corrected chi connectivity index (χ2v) is 6.25. The fourth-order valence-corrected chi connectivity index (χ4v) is 4.07. The molecule has 0 aromatic rings. The van der Waals surface area contributed by atoms with Crippen LogP contribution in [0.5, 0.6) is 0 Å². The zero-order chi connectivity index (χ0) is 10.8. The van der Waals surface area contributed by atoms with Gasteiger partial charge in [-0.1, -0.05) is 32.4 Å². The van der Waals surface area contributed by atoms with E-state index in [1.807, 2.05) is 6.92 Å². The summed E-state index contributed by atoms with van der Waals surface area (Å²) in [5, 5.41) is 19.7. The topological polar surface area (TPSA) is 47.7 Å². The second-order valence-electron chi connectivity index (χ2n) is 5.60. The molecule has 4 atom stereocenters. The van der Waals surface area contributed by atoms with Gasteiger partial charge in [-0.25, -0.2) is 10.4 Å². The molecule has 0 aliphatic heterocycles. The van der Waals surface area contributed by atoms with Crippen LogP contribution in [0.2, 0.25) is 0 Å². The average molecular weight is 220 g/mol. The van der Waals surface area contributed by atoms with Gasteiger partial charge in [-0.2, -0.15) is 0 Å². The van der Waals surface area contributed by atoms with E-state index in [4.69, 9.17) is 11.6 Å². The van der Waals surface area contributed by atoms with E-state index in [9.17, 15) is 10.4 Å². The maximum Gasteiger partial charge on any atom is 0.208 e. The van der Waals surface area contributed by atoms with Gasteiger partial charge in [-0.15, -0.1) is 0 Å². The minimum atomic E-state index is -1.03. The van der Waals surface area contributed by atoms with Crippen molar-refractivity contribution >= 4 is 11.6 Å². The molecule has 0 spiro atoms. The molecule has 0 aromatic heterocycles. The van der Waals surface area contributed by atoms with Crippen LogP contribution in [0, 0.1) is 22.0 Å². The van der Waals surface area contributed by atoms with Crippen LogP contribution in [-0.2, 0) is 0 Å². The standard InChI is InChI=1S/C10H18ClNO2/c1-8(2)7-4-5-9(8,3)10(11,6-7)12(13)14/h7,12-13H,4-6H2,1-3H3. The zero-order valence-corrected chi connectivity index (χ0v) is 9.69. The summed E-state index contributed by atoms with van der Waals surface area (Å²) in [5.74, 6) is 0.473.